The van der Waals surface area contributed by atoms with E-state index in [0.717, 1.165) is 25.9 Å². The molecule has 8 heteroatoms. The van der Waals surface area contributed by atoms with Crippen LogP contribution in [0.1, 0.15) is 32.1 Å². The molecule has 0 aliphatic carbocycles. The zero-order chi connectivity index (χ0) is 18.4. The average molecular weight is 394 g/mol. The molecule has 1 saturated heterocycles. The lowest BCUT2D eigenvalue weighted by Crippen LogP contribution is -2.33. The number of carbonyl (C=O) groups excluding carboxylic acids is 1. The van der Waals surface area contributed by atoms with Crippen LogP contribution in [0, 0.1) is 0 Å². The second-order valence-electron chi connectivity index (χ2n) is 8.75. The second-order valence-corrected chi connectivity index (χ2v) is 20.5. The zero-order valence-electron chi connectivity index (χ0n) is 16.4. The summed E-state index contributed by atoms with van der Waals surface area (Å²) in [5, 5.41) is 0. The molecule has 0 amide bonds. The van der Waals surface area contributed by atoms with E-state index in [-0.39, 0.29) is 12.4 Å². The average Bonchev–Trinajstić information content (AvgIpc) is 2.61. The third kappa shape index (κ3) is 10.1. The summed E-state index contributed by atoms with van der Waals surface area (Å²) < 4.78 is 25.1. The van der Waals surface area contributed by atoms with Gasteiger partial charge in [-0.3, -0.25) is 14.3 Å². The van der Waals surface area contributed by atoms with E-state index in [1.54, 1.807) is 0 Å². The van der Waals surface area contributed by atoms with Gasteiger partial charge in [-0.2, -0.15) is 0 Å². The van der Waals surface area contributed by atoms with Crippen molar-refractivity contribution < 1.29 is 18.0 Å². The van der Waals surface area contributed by atoms with Crippen LogP contribution in [-0.4, -0.2) is 53.0 Å². The number of rotatable bonds is 8. The molecule has 1 rings (SSSR count). The highest BCUT2D eigenvalue weighted by molar-refractivity contribution is 7.60. The Morgan fingerprint density at radius 3 is 1.96 bits per heavy atom. The van der Waals surface area contributed by atoms with E-state index in [1.165, 1.54) is 12.8 Å². The first-order chi connectivity index (χ1) is 10.9. The fourth-order valence-electron chi connectivity index (χ4n) is 2.88. The van der Waals surface area contributed by atoms with Gasteiger partial charge < -0.3 is 8.64 Å². The van der Waals surface area contributed by atoms with Gasteiger partial charge in [0.05, 0.1) is 12.7 Å². The summed E-state index contributed by atoms with van der Waals surface area (Å²) in [6.07, 6.45) is 5.79. The molecule has 0 aromatic heterocycles. The second kappa shape index (κ2) is 9.13. The predicted molar refractivity (Wildman–Crippen MR) is 106 cm³/mol. The summed E-state index contributed by atoms with van der Waals surface area (Å²) in [4.78, 5) is 14.3. The Labute approximate surface area is 150 Å². The number of carbonyl (C=O) groups is 1. The molecule has 0 N–H and O–H groups in total. The molecular weight excluding hydrogens is 357 g/mol. The normalized spacial score (nSPS) is 20.2. The van der Waals surface area contributed by atoms with Crippen LogP contribution in [0.4, 0.5) is 0 Å². The van der Waals surface area contributed by atoms with Crippen molar-refractivity contribution in [3.05, 3.63) is 0 Å². The van der Waals surface area contributed by atoms with E-state index >= 15 is 0 Å². The first kappa shape index (κ1) is 22.1. The van der Waals surface area contributed by atoms with Crippen LogP contribution in [0.25, 0.3) is 0 Å². The molecule has 1 unspecified atom stereocenters. The van der Waals surface area contributed by atoms with Crippen molar-refractivity contribution in [3.8, 4) is 0 Å². The Hall–Kier alpha value is 0.0538. The van der Waals surface area contributed by atoms with Gasteiger partial charge in [-0.25, -0.2) is 0 Å². The van der Waals surface area contributed by atoms with Gasteiger partial charge in [0.15, 0.2) is 8.32 Å². The number of hydrogen-bond donors (Lipinski definition) is 0. The van der Waals surface area contributed by atoms with Gasteiger partial charge in [0.2, 0.25) is 15.7 Å². The molecule has 1 aliphatic heterocycles. The Morgan fingerprint density at radius 1 is 0.958 bits per heavy atom. The Morgan fingerprint density at radius 2 is 1.50 bits per heavy atom. The Balaban J connectivity index is 2.70. The minimum Gasteiger partial charge on any atom is -0.520 e. The molecular formula is C16H36NO4PSi2. The van der Waals surface area contributed by atoms with E-state index in [4.69, 9.17) is 8.64 Å². The van der Waals surface area contributed by atoms with Crippen LogP contribution >= 0.6 is 7.37 Å². The predicted octanol–water partition coefficient (Wildman–Crippen LogP) is 4.72. The maximum Gasteiger partial charge on any atom is 0.293 e. The van der Waals surface area contributed by atoms with Crippen molar-refractivity contribution in [2.75, 3.05) is 25.5 Å². The van der Waals surface area contributed by atoms with Crippen LogP contribution < -0.4 is 0 Å². The quantitative estimate of drug-likeness (QED) is 0.441. The number of hydrogen-bond acceptors (Lipinski definition) is 5. The van der Waals surface area contributed by atoms with Gasteiger partial charge in [0.1, 0.15) is 0 Å². The number of nitrogens with zero attached hydrogens (tertiary/aromatic N) is 1. The minimum atomic E-state index is -2.85. The van der Waals surface area contributed by atoms with Gasteiger partial charge in [-0.1, -0.05) is 12.8 Å². The smallest absolute Gasteiger partial charge is 0.293 e. The van der Waals surface area contributed by atoms with Crippen molar-refractivity contribution in [1.82, 2.24) is 4.90 Å². The van der Waals surface area contributed by atoms with Crippen LogP contribution in [0.3, 0.4) is 0 Å². The highest BCUT2D eigenvalue weighted by Gasteiger charge is 2.34. The summed E-state index contributed by atoms with van der Waals surface area (Å²) in [6, 6.07) is 0. The summed E-state index contributed by atoms with van der Waals surface area (Å²) in [7, 11) is -6.68. The van der Waals surface area contributed by atoms with Crippen molar-refractivity contribution in [2.24, 2.45) is 0 Å². The molecule has 5 nitrogen and oxygen atoms in total. The van der Waals surface area contributed by atoms with E-state index in [0.29, 0.717) is 12.4 Å². The molecule has 1 aliphatic rings. The fraction of sp³-hybridized carbons (Fsp3) is 0.938. The molecule has 0 saturated carbocycles. The van der Waals surface area contributed by atoms with Crippen LogP contribution in [0.15, 0.2) is 0 Å². The zero-order valence-corrected chi connectivity index (χ0v) is 19.3. The molecule has 0 aromatic rings. The fourth-order valence-corrected chi connectivity index (χ4v) is 9.81. The highest BCUT2D eigenvalue weighted by atomic mass is 31.2. The van der Waals surface area contributed by atoms with E-state index < -0.39 is 24.0 Å². The Kier molecular flexibility index (Phi) is 8.40. The van der Waals surface area contributed by atoms with Crippen LogP contribution in [0.5, 0.6) is 0 Å². The van der Waals surface area contributed by atoms with Crippen molar-refractivity contribution in [1.29, 1.82) is 0 Å². The third-order valence-corrected chi connectivity index (χ3v) is 9.73. The lowest BCUT2D eigenvalue weighted by molar-refractivity contribution is -0.134. The maximum absolute atomic E-state index is 13.5. The minimum absolute atomic E-state index is 0.194. The van der Waals surface area contributed by atoms with Crippen LogP contribution in [-0.2, 0) is 18.0 Å². The highest BCUT2D eigenvalue weighted by Crippen LogP contribution is 2.50. The largest absolute Gasteiger partial charge is 0.520 e. The third-order valence-electron chi connectivity index (χ3n) is 3.63. The van der Waals surface area contributed by atoms with Crippen molar-refractivity contribution in [3.63, 3.8) is 0 Å². The summed E-state index contributed by atoms with van der Waals surface area (Å²) >= 11 is 0. The summed E-state index contributed by atoms with van der Waals surface area (Å²) in [5.41, 5.74) is 0. The molecule has 0 spiro atoms. The van der Waals surface area contributed by atoms with Crippen molar-refractivity contribution >= 4 is 30.0 Å². The first-order valence-electron chi connectivity index (χ1n) is 9.12. The van der Waals surface area contributed by atoms with Crippen molar-refractivity contribution in [2.45, 2.75) is 71.4 Å². The molecule has 1 heterocycles. The topological polar surface area (TPSA) is 55.8 Å². The van der Waals surface area contributed by atoms with Gasteiger partial charge in [-0.15, -0.1) is 0 Å². The SMILES string of the molecule is C[Si](C)(C)OC(=O)CCP(=O)(CN1CCCCCC1)O[Si](C)(C)C. The summed E-state index contributed by atoms with van der Waals surface area (Å²) in [6.45, 7) is 14.1. The lowest BCUT2D eigenvalue weighted by atomic mass is 10.2. The summed E-state index contributed by atoms with van der Waals surface area (Å²) in [5.74, 6) is -0.232. The van der Waals surface area contributed by atoms with E-state index in [1.807, 2.05) is 19.6 Å². The first-order valence-corrected chi connectivity index (χ1v) is 17.9. The molecule has 0 aromatic carbocycles. The molecule has 1 fully saturated rings. The maximum atomic E-state index is 13.5. The van der Waals surface area contributed by atoms with Gasteiger partial charge >= 0.3 is 0 Å². The number of likely N-dealkylation sites (tertiary alicyclic amines) is 1. The van der Waals surface area contributed by atoms with E-state index in [9.17, 15) is 9.36 Å². The standard InChI is InChI=1S/C16H36NO4PSi2/c1-23(2,3)20-16(18)11-14-22(19,21-24(4,5)6)15-17-12-9-7-8-10-13-17/h7-15H2,1-6H3. The Bertz CT molecular complexity index is 452. The molecule has 24 heavy (non-hydrogen) atoms. The van der Waals surface area contributed by atoms with Crippen LogP contribution in [0.2, 0.25) is 39.3 Å². The van der Waals surface area contributed by atoms with E-state index in [2.05, 4.69) is 24.5 Å². The van der Waals surface area contributed by atoms with Gasteiger partial charge in [0.25, 0.3) is 5.97 Å². The molecule has 142 valence electrons. The lowest BCUT2D eigenvalue weighted by Gasteiger charge is -2.31. The monoisotopic (exact) mass is 393 g/mol. The van der Waals surface area contributed by atoms with Gasteiger partial charge in [-0.05, 0) is 65.2 Å². The molecule has 0 bridgehead atoms. The molecule has 1 atom stereocenters. The molecule has 0 radical (unpaired) electrons. The van der Waals surface area contributed by atoms with Gasteiger partial charge in [0, 0.05) is 6.16 Å².